The van der Waals surface area contributed by atoms with Crippen LogP contribution >= 0.6 is 0 Å². The van der Waals surface area contributed by atoms with Crippen LogP contribution in [0.5, 0.6) is 11.5 Å². The molecule has 1 aromatic heterocycles. The van der Waals surface area contributed by atoms with Crippen LogP contribution in [0.25, 0.3) is 43.6 Å². The van der Waals surface area contributed by atoms with Gasteiger partial charge in [0.05, 0.1) is 0 Å². The van der Waals surface area contributed by atoms with Crippen molar-refractivity contribution in [2.24, 2.45) is 12.5 Å². The first-order valence-electron chi connectivity index (χ1n) is 14.4. The molecule has 0 atom stereocenters. The van der Waals surface area contributed by atoms with Crippen molar-refractivity contribution in [3.63, 3.8) is 0 Å². The van der Waals surface area contributed by atoms with E-state index in [4.69, 9.17) is 4.74 Å². The average Bonchev–Trinajstić information content (AvgIpc) is 2.85. The summed E-state index contributed by atoms with van der Waals surface area (Å²) in [7, 11) is 2.19. The van der Waals surface area contributed by atoms with Crippen LogP contribution in [0.3, 0.4) is 0 Å². The number of ether oxygens (including phenoxy) is 1. The van der Waals surface area contributed by atoms with Crippen LogP contribution in [0.15, 0.2) is 54.7 Å². The fraction of sp³-hybridized carbons (Fsp3) is 0.361. The van der Waals surface area contributed by atoms with E-state index in [1.807, 2.05) is 0 Å². The van der Waals surface area contributed by atoms with E-state index in [-0.39, 0.29) is 5.41 Å². The topological polar surface area (TPSA) is 13.1 Å². The Balaban J connectivity index is 1.76. The average molecular weight is 577 g/mol. The van der Waals surface area contributed by atoms with E-state index in [1.165, 1.54) is 64.7 Å². The van der Waals surface area contributed by atoms with Crippen molar-refractivity contribution in [1.29, 1.82) is 0 Å². The van der Waals surface area contributed by atoms with Gasteiger partial charge in [-0.3, -0.25) is 0 Å². The number of pyridine rings is 1. The molecule has 0 N–H and O–H groups in total. The Kier molecular flexibility index (Phi) is 5.97. The second kappa shape index (κ2) is 8.83. The molecule has 2 nitrogen and oxygen atoms in total. The van der Waals surface area contributed by atoms with Gasteiger partial charge in [-0.2, -0.15) is 0 Å². The number of hydrogen-bond acceptors (Lipinski definition) is 1. The summed E-state index contributed by atoms with van der Waals surface area (Å²) in [5.74, 6) is 9.92. The predicted octanol–water partition coefficient (Wildman–Crippen LogP) is 9.31. The van der Waals surface area contributed by atoms with Gasteiger partial charge in [-0.25, -0.2) is 0 Å². The Hall–Kier alpha value is -2.85. The zero-order valence-corrected chi connectivity index (χ0v) is 27.4. The van der Waals surface area contributed by atoms with Crippen molar-refractivity contribution in [1.82, 2.24) is 0 Å². The third-order valence-electron chi connectivity index (χ3n) is 8.54. The number of nitrogens with zero attached hydrogens (tertiary/aromatic N) is 1. The minimum atomic E-state index is -1.98. The molecule has 39 heavy (non-hydrogen) atoms. The number of hydrogen-bond donors (Lipinski definition) is 0. The van der Waals surface area contributed by atoms with Gasteiger partial charge in [0.15, 0.2) is 0 Å². The van der Waals surface area contributed by atoms with Crippen molar-refractivity contribution < 1.29 is 9.30 Å². The van der Waals surface area contributed by atoms with Crippen molar-refractivity contribution in [3.8, 4) is 22.8 Å². The Morgan fingerprint density at radius 2 is 1.59 bits per heavy atom. The molecule has 200 valence electrons. The first kappa shape index (κ1) is 26.4. The Morgan fingerprint density at radius 3 is 2.26 bits per heavy atom. The van der Waals surface area contributed by atoms with Gasteiger partial charge in [0.2, 0.25) is 0 Å². The van der Waals surface area contributed by atoms with Gasteiger partial charge in [-0.1, -0.05) is 13.8 Å². The number of fused-ring (bicyclic) bond motifs is 5. The van der Waals surface area contributed by atoms with E-state index in [9.17, 15) is 0 Å². The summed E-state index contributed by atoms with van der Waals surface area (Å²) < 4.78 is 10.9. The number of rotatable bonds is 3. The van der Waals surface area contributed by atoms with Crippen LogP contribution in [-0.4, -0.2) is 13.3 Å². The van der Waals surface area contributed by atoms with Crippen molar-refractivity contribution >= 4 is 50.0 Å². The van der Waals surface area contributed by atoms with Gasteiger partial charge in [-0.05, 0) is 5.92 Å². The number of aryl methyl sites for hydroxylation is 2. The Morgan fingerprint density at radius 1 is 0.872 bits per heavy atom. The van der Waals surface area contributed by atoms with Gasteiger partial charge in [-0.15, -0.1) is 0 Å². The van der Waals surface area contributed by atoms with Crippen LogP contribution in [0.1, 0.15) is 57.2 Å². The molecule has 0 bridgehead atoms. The van der Waals surface area contributed by atoms with Gasteiger partial charge in [0.25, 0.3) is 0 Å². The summed E-state index contributed by atoms with van der Waals surface area (Å²) in [6, 6.07) is 18.8. The fourth-order valence-electron chi connectivity index (χ4n) is 6.40. The molecule has 4 aromatic carbocycles. The molecule has 0 amide bonds. The van der Waals surface area contributed by atoms with Crippen LogP contribution in [0, 0.1) is 12.3 Å². The SMILES string of the molecule is Cc1c2c(c(CC(C)(C)C)c3ccc(C(C)C)cc13)Oc1cc3c[c]([Ge]([CH3])([CH3])[CH3])ccc3c3cc[n+](C)c-2c13. The summed E-state index contributed by atoms with van der Waals surface area (Å²) >= 11 is -1.98. The van der Waals surface area contributed by atoms with Gasteiger partial charge < -0.3 is 0 Å². The molecular weight excluding hydrogens is 535 g/mol. The standard InChI is InChI=1S/C36H42GeNO/c1-21(2)23-11-13-27-29(18-23)22(3)32-34-33-28(15-16-38(34)10)26-14-12-25(37(7,8)9)17-24(26)19-31(33)39-35(32)30(27)20-36(4,5)6/h11-19,21H,20H2,1-10H3/q+1. The second-order valence-corrected chi connectivity index (χ2v) is 24.9. The molecule has 0 saturated heterocycles. The molecule has 0 radical (unpaired) electrons. The quantitative estimate of drug-likeness (QED) is 0.116. The molecule has 0 aliphatic carbocycles. The zero-order valence-electron chi connectivity index (χ0n) is 25.3. The molecule has 1 aliphatic rings. The minimum absolute atomic E-state index is 0.127. The molecule has 2 heterocycles. The zero-order chi connectivity index (χ0) is 28.0. The summed E-state index contributed by atoms with van der Waals surface area (Å²) in [6.07, 6.45) is 3.19. The van der Waals surface area contributed by atoms with Crippen LogP contribution in [-0.2, 0) is 13.5 Å². The van der Waals surface area contributed by atoms with Gasteiger partial charge >= 0.3 is 217 Å². The molecule has 0 spiro atoms. The van der Waals surface area contributed by atoms with E-state index >= 15 is 0 Å². The molecule has 6 rings (SSSR count). The molecule has 0 saturated carbocycles. The molecule has 0 fully saturated rings. The van der Waals surface area contributed by atoms with Crippen molar-refractivity contribution in [2.45, 2.75) is 71.1 Å². The predicted molar refractivity (Wildman–Crippen MR) is 171 cm³/mol. The van der Waals surface area contributed by atoms with Gasteiger partial charge in [0.1, 0.15) is 0 Å². The summed E-state index contributed by atoms with van der Waals surface area (Å²) in [5.41, 5.74) is 6.68. The third kappa shape index (κ3) is 4.27. The molecule has 5 aromatic rings. The summed E-state index contributed by atoms with van der Waals surface area (Å²) in [6.45, 7) is 13.9. The van der Waals surface area contributed by atoms with E-state index in [0.29, 0.717) is 5.92 Å². The first-order valence-corrected chi connectivity index (χ1v) is 21.8. The Labute approximate surface area is 236 Å². The molecular formula is C36H42GeNO+. The van der Waals surface area contributed by atoms with E-state index in [0.717, 1.165) is 17.9 Å². The monoisotopic (exact) mass is 578 g/mol. The summed E-state index contributed by atoms with van der Waals surface area (Å²) in [4.78, 5) is 0. The van der Waals surface area contributed by atoms with Crippen LogP contribution in [0.4, 0.5) is 0 Å². The third-order valence-corrected chi connectivity index (χ3v) is 12.8. The van der Waals surface area contributed by atoms with Crippen LogP contribution in [0.2, 0.25) is 17.3 Å². The molecule has 0 unspecified atom stereocenters. The Bertz CT molecular complexity index is 1820. The fourth-order valence-corrected chi connectivity index (χ4v) is 8.86. The maximum atomic E-state index is 7.08. The maximum absolute atomic E-state index is 7.08. The number of aromatic nitrogens is 1. The summed E-state index contributed by atoms with van der Waals surface area (Å²) in [5, 5.41) is 7.79. The number of benzene rings is 4. The normalized spacial score (nSPS) is 13.4. The van der Waals surface area contributed by atoms with Crippen molar-refractivity contribution in [3.05, 3.63) is 71.4 Å². The van der Waals surface area contributed by atoms with Crippen LogP contribution < -0.4 is 13.7 Å². The first-order chi connectivity index (χ1) is 18.2. The van der Waals surface area contributed by atoms with E-state index < -0.39 is 13.3 Å². The van der Waals surface area contributed by atoms with E-state index in [2.05, 4.69) is 125 Å². The molecule has 3 heteroatoms. The molecule has 1 aliphatic heterocycles. The van der Waals surface area contributed by atoms with Gasteiger partial charge in [0, 0.05) is 0 Å². The van der Waals surface area contributed by atoms with E-state index in [1.54, 1.807) is 0 Å². The van der Waals surface area contributed by atoms with Crippen molar-refractivity contribution in [2.75, 3.05) is 0 Å². The second-order valence-electron chi connectivity index (χ2n) is 14.2.